The minimum absolute atomic E-state index is 0.0604. The van der Waals surface area contributed by atoms with Crippen LogP contribution in [0.3, 0.4) is 0 Å². The molecule has 0 spiro atoms. The highest BCUT2D eigenvalue weighted by Crippen LogP contribution is 2.23. The van der Waals surface area contributed by atoms with E-state index in [9.17, 15) is 14.4 Å². The molecule has 1 aliphatic heterocycles. The Kier molecular flexibility index (Phi) is 6.14. The van der Waals surface area contributed by atoms with Crippen LogP contribution in [0.1, 0.15) is 36.8 Å². The van der Waals surface area contributed by atoms with E-state index in [2.05, 4.69) is 10.1 Å². The van der Waals surface area contributed by atoms with E-state index in [4.69, 9.17) is 4.74 Å². The summed E-state index contributed by atoms with van der Waals surface area (Å²) in [7, 11) is 1.83. The number of piperidine rings is 1. The van der Waals surface area contributed by atoms with Crippen LogP contribution >= 0.6 is 11.3 Å². The van der Waals surface area contributed by atoms with Gasteiger partial charge >= 0.3 is 5.97 Å². The summed E-state index contributed by atoms with van der Waals surface area (Å²) in [6.45, 7) is 6.91. The normalized spacial score (nSPS) is 14.8. The van der Waals surface area contributed by atoms with Crippen molar-refractivity contribution in [3.63, 3.8) is 0 Å². The Balaban J connectivity index is 1.57. The Morgan fingerprint density at radius 3 is 2.59 bits per heavy atom. The van der Waals surface area contributed by atoms with Gasteiger partial charge in [-0.15, -0.1) is 11.3 Å². The highest BCUT2D eigenvalue weighted by Gasteiger charge is 2.29. The molecule has 0 saturated carbocycles. The average Bonchev–Trinajstić information content (AvgIpc) is 3.31. The Hall–Kier alpha value is -3.01. The molecule has 0 N–H and O–H groups in total. The van der Waals surface area contributed by atoms with Crippen molar-refractivity contribution in [1.82, 2.24) is 24.1 Å². The molecule has 0 unspecified atom stereocenters. The molecule has 1 amide bonds. The standard InChI is InChI=1S/C22H27N5O4S/c1-5-31-21(30)15-6-8-26(9-7-15)18(28)11-16-12-32-22-23-14(3)19(20(29)27(16)22)17-10-13(2)25(4)24-17/h10,12,15H,5-9,11H2,1-4H3. The number of nitrogens with zero attached hydrogens (tertiary/aromatic N) is 5. The maximum atomic E-state index is 13.4. The molecule has 1 aliphatic rings. The van der Waals surface area contributed by atoms with Crippen LogP contribution in [-0.2, 0) is 27.8 Å². The lowest BCUT2D eigenvalue weighted by Crippen LogP contribution is -2.41. The number of esters is 1. The molecule has 0 aliphatic carbocycles. The van der Waals surface area contributed by atoms with E-state index in [0.717, 1.165) is 5.69 Å². The number of fused-ring (bicyclic) bond motifs is 1. The summed E-state index contributed by atoms with van der Waals surface area (Å²) in [5.74, 6) is -0.399. The van der Waals surface area contributed by atoms with Gasteiger partial charge in [0.05, 0.1) is 35.9 Å². The second kappa shape index (κ2) is 8.85. The van der Waals surface area contributed by atoms with Crippen LogP contribution in [0.5, 0.6) is 0 Å². The van der Waals surface area contributed by atoms with Crippen LogP contribution in [0.15, 0.2) is 16.2 Å². The van der Waals surface area contributed by atoms with Gasteiger partial charge in [0.15, 0.2) is 4.96 Å². The summed E-state index contributed by atoms with van der Waals surface area (Å²) >= 11 is 1.35. The molecule has 3 aromatic rings. The van der Waals surface area contributed by atoms with Gasteiger partial charge in [0.2, 0.25) is 5.91 Å². The molecular weight excluding hydrogens is 430 g/mol. The fourth-order valence-corrected chi connectivity index (χ4v) is 5.02. The molecule has 3 aromatic heterocycles. The summed E-state index contributed by atoms with van der Waals surface area (Å²) in [6, 6.07) is 1.86. The van der Waals surface area contributed by atoms with Gasteiger partial charge in [-0.05, 0) is 39.7 Å². The Morgan fingerprint density at radius 2 is 1.97 bits per heavy atom. The van der Waals surface area contributed by atoms with Gasteiger partial charge in [0, 0.05) is 36.9 Å². The smallest absolute Gasteiger partial charge is 0.309 e. The number of amides is 1. The van der Waals surface area contributed by atoms with Crippen molar-refractivity contribution >= 4 is 28.2 Å². The first-order valence-corrected chi connectivity index (χ1v) is 11.6. The fraction of sp³-hybridized carbons (Fsp3) is 0.500. The van der Waals surface area contributed by atoms with E-state index in [0.29, 0.717) is 60.1 Å². The summed E-state index contributed by atoms with van der Waals surface area (Å²) in [4.78, 5) is 45.2. The van der Waals surface area contributed by atoms with Gasteiger partial charge in [-0.3, -0.25) is 23.5 Å². The maximum Gasteiger partial charge on any atom is 0.309 e. The number of aryl methyl sites for hydroxylation is 3. The molecule has 4 heterocycles. The van der Waals surface area contributed by atoms with E-state index in [1.165, 1.54) is 15.7 Å². The van der Waals surface area contributed by atoms with Crippen LogP contribution in [0.25, 0.3) is 16.2 Å². The van der Waals surface area contributed by atoms with Gasteiger partial charge in [-0.1, -0.05) is 0 Å². The highest BCUT2D eigenvalue weighted by molar-refractivity contribution is 7.15. The molecule has 0 aromatic carbocycles. The van der Waals surface area contributed by atoms with E-state index in [1.54, 1.807) is 23.4 Å². The summed E-state index contributed by atoms with van der Waals surface area (Å²) < 4.78 is 8.35. The number of hydrogen-bond donors (Lipinski definition) is 0. The minimum atomic E-state index is -0.212. The van der Waals surface area contributed by atoms with Crippen molar-refractivity contribution in [2.24, 2.45) is 13.0 Å². The molecule has 0 atom stereocenters. The zero-order valence-corrected chi connectivity index (χ0v) is 19.6. The van der Waals surface area contributed by atoms with Crippen molar-refractivity contribution < 1.29 is 14.3 Å². The molecule has 4 rings (SSSR count). The van der Waals surface area contributed by atoms with Crippen molar-refractivity contribution in [2.75, 3.05) is 19.7 Å². The first-order valence-electron chi connectivity index (χ1n) is 10.7. The zero-order chi connectivity index (χ0) is 23.0. The van der Waals surface area contributed by atoms with Crippen LogP contribution in [0.4, 0.5) is 0 Å². The third-order valence-electron chi connectivity index (χ3n) is 5.99. The Morgan fingerprint density at radius 1 is 1.25 bits per heavy atom. The summed E-state index contributed by atoms with van der Waals surface area (Å²) in [5.41, 5.74) is 3.00. The quantitative estimate of drug-likeness (QED) is 0.544. The largest absolute Gasteiger partial charge is 0.466 e. The van der Waals surface area contributed by atoms with Crippen molar-refractivity contribution in [3.8, 4) is 11.3 Å². The predicted molar refractivity (Wildman–Crippen MR) is 121 cm³/mol. The number of likely N-dealkylation sites (tertiary alicyclic amines) is 1. The average molecular weight is 458 g/mol. The number of ether oxygens (including phenoxy) is 1. The zero-order valence-electron chi connectivity index (χ0n) is 18.8. The fourth-order valence-electron chi connectivity index (χ4n) is 4.10. The van der Waals surface area contributed by atoms with E-state index in [-0.39, 0.29) is 29.8 Å². The number of carbonyl (C=O) groups excluding carboxylic acids is 2. The van der Waals surface area contributed by atoms with Crippen LogP contribution in [-0.4, -0.2) is 55.6 Å². The number of thiazole rings is 1. The van der Waals surface area contributed by atoms with Crippen molar-refractivity contribution in [3.05, 3.63) is 38.9 Å². The number of aromatic nitrogens is 4. The summed E-state index contributed by atoms with van der Waals surface area (Å²) in [6.07, 6.45) is 1.30. The van der Waals surface area contributed by atoms with Gasteiger partial charge in [0.1, 0.15) is 0 Å². The predicted octanol–water partition coefficient (Wildman–Crippen LogP) is 2.12. The van der Waals surface area contributed by atoms with Gasteiger partial charge < -0.3 is 9.64 Å². The lowest BCUT2D eigenvalue weighted by Gasteiger charge is -2.30. The van der Waals surface area contributed by atoms with Gasteiger partial charge in [0.25, 0.3) is 5.56 Å². The number of hydrogen-bond acceptors (Lipinski definition) is 7. The summed E-state index contributed by atoms with van der Waals surface area (Å²) in [5, 5.41) is 6.26. The Labute approximate surface area is 189 Å². The second-order valence-electron chi connectivity index (χ2n) is 8.10. The maximum absolute atomic E-state index is 13.4. The van der Waals surface area contributed by atoms with E-state index < -0.39 is 0 Å². The molecule has 1 saturated heterocycles. The van der Waals surface area contributed by atoms with Crippen molar-refractivity contribution in [1.29, 1.82) is 0 Å². The number of rotatable bonds is 5. The topological polar surface area (TPSA) is 98.8 Å². The van der Waals surface area contributed by atoms with E-state index in [1.807, 2.05) is 25.4 Å². The van der Waals surface area contributed by atoms with E-state index >= 15 is 0 Å². The lowest BCUT2D eigenvalue weighted by atomic mass is 9.97. The molecular formula is C22H27N5O4S. The molecule has 10 heteroatoms. The third-order valence-corrected chi connectivity index (χ3v) is 6.87. The SMILES string of the molecule is CCOC(=O)C1CCN(C(=O)Cc2csc3nc(C)c(-c4cc(C)n(C)n4)c(=O)n23)CC1. The third kappa shape index (κ3) is 4.06. The second-order valence-corrected chi connectivity index (χ2v) is 8.94. The van der Waals surface area contributed by atoms with Gasteiger partial charge in [-0.25, -0.2) is 4.98 Å². The minimum Gasteiger partial charge on any atom is -0.466 e. The molecule has 1 fully saturated rings. The first kappa shape index (κ1) is 22.2. The lowest BCUT2D eigenvalue weighted by molar-refractivity contribution is -0.151. The Bertz CT molecular complexity index is 1210. The molecule has 9 nitrogen and oxygen atoms in total. The number of carbonyl (C=O) groups is 2. The van der Waals surface area contributed by atoms with Gasteiger partial charge in [-0.2, -0.15) is 5.10 Å². The van der Waals surface area contributed by atoms with Crippen molar-refractivity contribution in [2.45, 2.75) is 40.0 Å². The molecule has 32 heavy (non-hydrogen) atoms. The van der Waals surface area contributed by atoms with Crippen LogP contribution in [0, 0.1) is 19.8 Å². The molecule has 0 bridgehead atoms. The molecule has 0 radical (unpaired) electrons. The van der Waals surface area contributed by atoms with Crippen LogP contribution < -0.4 is 5.56 Å². The molecule has 170 valence electrons. The highest BCUT2D eigenvalue weighted by atomic mass is 32.1. The first-order chi connectivity index (χ1) is 15.3. The monoisotopic (exact) mass is 457 g/mol. The van der Waals surface area contributed by atoms with Crippen LogP contribution in [0.2, 0.25) is 0 Å².